The van der Waals surface area contributed by atoms with Crippen molar-refractivity contribution in [1.82, 2.24) is 9.88 Å². The lowest BCUT2D eigenvalue weighted by Gasteiger charge is -2.71. The molecule has 3 saturated carbocycles. The predicted molar refractivity (Wildman–Crippen MR) is 172 cm³/mol. The van der Waals surface area contributed by atoms with E-state index in [1.54, 1.807) is 0 Å². The first-order valence-corrected chi connectivity index (χ1v) is 17.0. The molecule has 1 aliphatic heterocycles. The zero-order valence-electron chi connectivity index (χ0n) is 26.3. The van der Waals surface area contributed by atoms with E-state index in [-0.39, 0.29) is 34.1 Å². The van der Waals surface area contributed by atoms with Crippen molar-refractivity contribution in [3.8, 4) is 0 Å². The Bertz CT molecular complexity index is 1500. The number of nitrogens with zero attached hydrogens (tertiary/aromatic N) is 3. The van der Waals surface area contributed by atoms with Crippen LogP contribution in [0.5, 0.6) is 0 Å². The Morgan fingerprint density at radius 2 is 1.59 bits per heavy atom. The minimum atomic E-state index is -0.811. The normalized spacial score (nSPS) is 42.8. The lowest BCUT2D eigenvalue weighted by molar-refractivity contribution is -0.176. The van der Waals surface area contributed by atoms with E-state index in [1.807, 2.05) is 48.7 Å². The van der Waals surface area contributed by atoms with E-state index in [4.69, 9.17) is 0 Å². The number of anilines is 1. The van der Waals surface area contributed by atoms with Gasteiger partial charge in [0, 0.05) is 66.3 Å². The molecule has 1 unspecified atom stereocenters. The summed E-state index contributed by atoms with van der Waals surface area (Å²) >= 11 is 0. The molecule has 44 heavy (non-hydrogen) atoms. The molecule has 2 N–H and O–H groups in total. The Balaban J connectivity index is 1.14. The molecule has 6 nitrogen and oxygen atoms in total. The zero-order valence-corrected chi connectivity index (χ0v) is 26.3. The maximum atomic E-state index is 14.6. The third-order valence-corrected chi connectivity index (χ3v) is 13.8. The number of β-amino-alcohol motifs (C(OH)–C–C–N with tert-alkyl or cyclic N) is 1. The molecule has 0 amide bonds. The minimum absolute atomic E-state index is 0.00864. The van der Waals surface area contributed by atoms with Gasteiger partial charge in [0.25, 0.3) is 0 Å². The number of aliphatic hydroxyl groups excluding tert-OH is 1. The van der Waals surface area contributed by atoms with Crippen LogP contribution in [0.3, 0.4) is 0 Å². The van der Waals surface area contributed by atoms with Gasteiger partial charge in [0.1, 0.15) is 5.82 Å². The first-order chi connectivity index (χ1) is 21.1. The second kappa shape index (κ2) is 9.85. The Morgan fingerprint density at radius 1 is 0.886 bits per heavy atom. The standard InChI is InChI=1S/C38H47N3O3/c1-34-14-11-28(42)24-36(34)17-18-38(29(25-36)33(43)27-8-4-3-5-9-27)30(34)12-15-35(2)31(38)13-16-37(35,44)26-40-20-22-41(23-21-40)32-10-6-7-19-39-32/h3-10,17-19,25,28,30-31,42,44H,11-16,20-24,26H2,1-2H3/t28?,30-,31-,34-,35+,36+,37-,38-/m1/s1. The van der Waals surface area contributed by atoms with Gasteiger partial charge >= 0.3 is 0 Å². The fourth-order valence-corrected chi connectivity index (χ4v) is 11.4. The van der Waals surface area contributed by atoms with Gasteiger partial charge in [-0.1, -0.05) is 68.5 Å². The van der Waals surface area contributed by atoms with Crippen LogP contribution in [-0.2, 0) is 0 Å². The molecule has 1 saturated heterocycles. The van der Waals surface area contributed by atoms with E-state index >= 15 is 0 Å². The molecule has 2 bridgehead atoms. The Morgan fingerprint density at radius 3 is 2.34 bits per heavy atom. The van der Waals surface area contributed by atoms with E-state index in [2.05, 4.69) is 52.9 Å². The van der Waals surface area contributed by atoms with Gasteiger partial charge in [-0.05, 0) is 74.3 Å². The summed E-state index contributed by atoms with van der Waals surface area (Å²) in [6.07, 6.45) is 14.8. The lowest BCUT2D eigenvalue weighted by Crippen LogP contribution is -2.67. The SMILES string of the molecule is C[C@]12CC[C@H]3[C@]4(C=C[C@@]5(C=C4C(=O)c4ccccc4)CC(O)CC[C@]35C)[C@@H]1CC[C@@]2(O)CN1CCN(c2ccccn2)CC1. The van der Waals surface area contributed by atoms with Crippen LogP contribution in [0.2, 0.25) is 0 Å². The van der Waals surface area contributed by atoms with Crippen molar-refractivity contribution >= 4 is 11.6 Å². The molecule has 2 spiro atoms. The van der Waals surface area contributed by atoms with Crippen molar-refractivity contribution in [2.24, 2.45) is 33.5 Å². The lowest BCUT2D eigenvalue weighted by atomic mass is 9.32. The second-order valence-electron chi connectivity index (χ2n) is 15.5. The zero-order chi connectivity index (χ0) is 30.4. The van der Waals surface area contributed by atoms with Crippen LogP contribution >= 0.6 is 0 Å². The highest BCUT2D eigenvalue weighted by Gasteiger charge is 2.74. The number of benzene rings is 1. The quantitative estimate of drug-likeness (QED) is 0.343. The predicted octanol–water partition coefficient (Wildman–Crippen LogP) is 5.68. The van der Waals surface area contributed by atoms with Crippen LogP contribution in [0.1, 0.15) is 69.2 Å². The number of ketones is 1. The molecular weight excluding hydrogens is 546 g/mol. The Hall–Kier alpha value is -2.80. The van der Waals surface area contributed by atoms with E-state index in [0.29, 0.717) is 18.9 Å². The number of Topliss-reactive ketones (excluding diaryl/α,β-unsaturated/α-hetero) is 1. The number of carbonyl (C=O) groups is 1. The van der Waals surface area contributed by atoms with E-state index in [9.17, 15) is 15.0 Å². The summed E-state index contributed by atoms with van der Waals surface area (Å²) in [5, 5.41) is 23.7. The molecule has 7 aliphatic rings. The van der Waals surface area contributed by atoms with Crippen molar-refractivity contribution in [3.63, 3.8) is 0 Å². The fourth-order valence-electron chi connectivity index (χ4n) is 11.4. The van der Waals surface area contributed by atoms with Crippen molar-refractivity contribution in [2.45, 2.75) is 70.5 Å². The third kappa shape index (κ3) is 3.77. The molecule has 0 radical (unpaired) electrons. The second-order valence-corrected chi connectivity index (χ2v) is 15.5. The average Bonchev–Trinajstić information content (AvgIpc) is 3.31. The maximum absolute atomic E-state index is 14.6. The molecule has 1 aromatic heterocycles. The van der Waals surface area contributed by atoms with Crippen LogP contribution in [0, 0.1) is 33.5 Å². The fraction of sp³-hybridized carbons (Fsp3) is 0.579. The summed E-state index contributed by atoms with van der Waals surface area (Å²) in [5.41, 5.74) is -0.141. The number of hydrogen-bond donors (Lipinski definition) is 2. The van der Waals surface area contributed by atoms with Gasteiger partial charge in [-0.2, -0.15) is 0 Å². The molecule has 4 fully saturated rings. The number of carbonyl (C=O) groups excluding carboxylic acids is 1. The van der Waals surface area contributed by atoms with E-state index in [1.165, 1.54) is 0 Å². The summed E-state index contributed by atoms with van der Waals surface area (Å²) in [6, 6.07) is 15.9. The third-order valence-electron chi connectivity index (χ3n) is 13.8. The molecule has 8 atom stereocenters. The van der Waals surface area contributed by atoms with Crippen molar-refractivity contribution in [3.05, 3.63) is 84.1 Å². The van der Waals surface area contributed by atoms with Gasteiger partial charge in [-0.25, -0.2) is 4.98 Å². The summed E-state index contributed by atoms with van der Waals surface area (Å²) in [5.74, 6) is 1.67. The average molecular weight is 594 g/mol. The summed E-state index contributed by atoms with van der Waals surface area (Å²) < 4.78 is 0. The molecule has 6 aliphatic carbocycles. The van der Waals surface area contributed by atoms with Gasteiger partial charge in [0.2, 0.25) is 0 Å². The highest BCUT2D eigenvalue weighted by molar-refractivity contribution is 6.10. The molecule has 9 rings (SSSR count). The highest BCUT2D eigenvalue weighted by Crippen LogP contribution is 2.78. The number of allylic oxidation sites excluding steroid dienone is 4. The first kappa shape index (κ1) is 28.7. The maximum Gasteiger partial charge on any atom is 0.189 e. The van der Waals surface area contributed by atoms with Gasteiger partial charge < -0.3 is 15.1 Å². The highest BCUT2D eigenvalue weighted by atomic mass is 16.3. The number of piperazine rings is 1. The smallest absolute Gasteiger partial charge is 0.189 e. The van der Waals surface area contributed by atoms with Crippen LogP contribution < -0.4 is 4.90 Å². The topological polar surface area (TPSA) is 76.9 Å². The largest absolute Gasteiger partial charge is 0.393 e. The Labute approximate surface area is 261 Å². The number of pyridine rings is 1. The van der Waals surface area contributed by atoms with Gasteiger partial charge in [-0.15, -0.1) is 0 Å². The van der Waals surface area contributed by atoms with Crippen LogP contribution in [0.25, 0.3) is 0 Å². The molecular formula is C38H47N3O3. The first-order valence-electron chi connectivity index (χ1n) is 17.0. The molecule has 232 valence electrons. The molecule has 2 aromatic rings. The molecule has 1 aromatic carbocycles. The van der Waals surface area contributed by atoms with Crippen molar-refractivity contribution < 1.29 is 15.0 Å². The Kier molecular flexibility index (Phi) is 6.41. The number of hydrogen-bond acceptors (Lipinski definition) is 6. The van der Waals surface area contributed by atoms with Crippen LogP contribution in [-0.4, -0.2) is 70.3 Å². The summed E-state index contributed by atoms with van der Waals surface area (Å²) in [4.78, 5) is 23.9. The number of aliphatic hydroxyl groups is 2. The summed E-state index contributed by atoms with van der Waals surface area (Å²) in [6.45, 7) is 9.12. The monoisotopic (exact) mass is 593 g/mol. The number of fused-ring (bicyclic) bond motifs is 1. The van der Waals surface area contributed by atoms with Crippen LogP contribution in [0.4, 0.5) is 5.82 Å². The number of rotatable bonds is 5. The van der Waals surface area contributed by atoms with Crippen LogP contribution in [0.15, 0.2) is 78.5 Å². The number of aromatic nitrogens is 1. The van der Waals surface area contributed by atoms with E-state index in [0.717, 1.165) is 81.7 Å². The molecule has 6 heteroatoms. The summed E-state index contributed by atoms with van der Waals surface area (Å²) in [7, 11) is 0. The molecule has 2 heterocycles. The van der Waals surface area contributed by atoms with Crippen molar-refractivity contribution in [1.29, 1.82) is 0 Å². The van der Waals surface area contributed by atoms with Gasteiger partial charge in [0.05, 0.1) is 11.7 Å². The van der Waals surface area contributed by atoms with Gasteiger partial charge in [-0.3, -0.25) is 9.69 Å². The minimum Gasteiger partial charge on any atom is -0.393 e. The van der Waals surface area contributed by atoms with Crippen molar-refractivity contribution in [2.75, 3.05) is 37.6 Å². The van der Waals surface area contributed by atoms with Gasteiger partial charge in [0.15, 0.2) is 5.78 Å². The van der Waals surface area contributed by atoms with E-state index < -0.39 is 11.0 Å².